The van der Waals surface area contributed by atoms with Gasteiger partial charge in [0, 0.05) is 18.0 Å². The van der Waals surface area contributed by atoms with Crippen LogP contribution in [0.1, 0.15) is 41.6 Å². The zero-order valence-electron chi connectivity index (χ0n) is 14.2. The summed E-state index contributed by atoms with van der Waals surface area (Å²) in [5.41, 5.74) is 1.37. The Kier molecular flexibility index (Phi) is 6.44. The standard InChI is InChI=1S/C19H20F2N2O2S/c20-19(21)25-14-9-7-13(8-10-14)12-23-17(24)16-6-3-11-22-18(16)26-15-4-1-2-5-15/h3,6-11,15,19H,1-2,4-5,12H2,(H,23,24). The fourth-order valence-corrected chi connectivity index (χ4v) is 4.18. The highest BCUT2D eigenvalue weighted by molar-refractivity contribution is 7.99. The highest BCUT2D eigenvalue weighted by atomic mass is 32.2. The first-order valence-corrected chi connectivity index (χ1v) is 9.43. The molecule has 1 aliphatic rings. The zero-order chi connectivity index (χ0) is 18.4. The number of hydrogen-bond donors (Lipinski definition) is 1. The van der Waals surface area contributed by atoms with E-state index < -0.39 is 6.61 Å². The summed E-state index contributed by atoms with van der Waals surface area (Å²) < 4.78 is 28.6. The second kappa shape index (κ2) is 8.98. The maximum Gasteiger partial charge on any atom is 0.387 e. The molecule has 1 fully saturated rings. The van der Waals surface area contributed by atoms with E-state index in [0.717, 1.165) is 23.4 Å². The number of aromatic nitrogens is 1. The van der Waals surface area contributed by atoms with Gasteiger partial charge in [0.2, 0.25) is 0 Å². The monoisotopic (exact) mass is 378 g/mol. The molecule has 0 saturated heterocycles. The first kappa shape index (κ1) is 18.6. The lowest BCUT2D eigenvalue weighted by Crippen LogP contribution is -2.23. The van der Waals surface area contributed by atoms with Gasteiger partial charge in [0.25, 0.3) is 5.91 Å². The van der Waals surface area contributed by atoms with E-state index in [1.54, 1.807) is 42.2 Å². The molecule has 0 aliphatic heterocycles. The summed E-state index contributed by atoms with van der Waals surface area (Å²) in [5.74, 6) is -0.0934. The minimum absolute atomic E-state index is 0.0950. The van der Waals surface area contributed by atoms with Crippen LogP contribution in [0.4, 0.5) is 8.78 Å². The third-order valence-corrected chi connectivity index (χ3v) is 5.55. The molecule has 1 aliphatic carbocycles. The molecular formula is C19H20F2N2O2S. The van der Waals surface area contributed by atoms with Gasteiger partial charge in [-0.15, -0.1) is 11.8 Å². The third-order valence-electron chi connectivity index (χ3n) is 4.20. The Bertz CT molecular complexity index is 735. The number of carbonyl (C=O) groups excluding carboxylic acids is 1. The van der Waals surface area contributed by atoms with Gasteiger partial charge in [0.05, 0.1) is 5.56 Å². The number of alkyl halides is 2. The number of halogens is 2. The lowest BCUT2D eigenvalue weighted by atomic mass is 10.2. The lowest BCUT2D eigenvalue weighted by molar-refractivity contribution is -0.0498. The molecule has 1 heterocycles. The predicted octanol–water partition coefficient (Wildman–Crippen LogP) is 4.65. The number of thioether (sulfide) groups is 1. The van der Waals surface area contributed by atoms with E-state index in [1.807, 2.05) is 0 Å². The Balaban J connectivity index is 1.59. The second-order valence-electron chi connectivity index (χ2n) is 6.09. The van der Waals surface area contributed by atoms with Crippen LogP contribution in [0.25, 0.3) is 0 Å². The van der Waals surface area contributed by atoms with Crippen LogP contribution in [0.5, 0.6) is 5.75 Å². The van der Waals surface area contributed by atoms with Crippen molar-refractivity contribution < 1.29 is 18.3 Å². The fraction of sp³-hybridized carbons (Fsp3) is 0.368. The predicted molar refractivity (Wildman–Crippen MR) is 96.6 cm³/mol. The summed E-state index contributed by atoms with van der Waals surface area (Å²) in [6.45, 7) is -2.54. The number of pyridine rings is 1. The summed E-state index contributed by atoms with van der Waals surface area (Å²) in [5, 5.41) is 4.15. The van der Waals surface area contributed by atoms with Crippen molar-refractivity contribution in [3.8, 4) is 5.75 Å². The second-order valence-corrected chi connectivity index (χ2v) is 7.37. The van der Waals surface area contributed by atoms with E-state index in [9.17, 15) is 13.6 Å². The topological polar surface area (TPSA) is 51.2 Å². The maximum absolute atomic E-state index is 12.5. The molecule has 0 bridgehead atoms. The first-order valence-electron chi connectivity index (χ1n) is 8.55. The van der Waals surface area contributed by atoms with Crippen molar-refractivity contribution in [2.24, 2.45) is 0 Å². The number of nitrogens with one attached hydrogen (secondary N) is 1. The van der Waals surface area contributed by atoms with E-state index in [-0.39, 0.29) is 11.7 Å². The SMILES string of the molecule is O=C(NCc1ccc(OC(F)F)cc1)c1cccnc1SC1CCCC1. The Labute approximate surface area is 155 Å². The molecule has 1 aromatic carbocycles. The molecule has 0 atom stereocenters. The van der Waals surface area contributed by atoms with Crippen LogP contribution in [0.3, 0.4) is 0 Å². The molecule has 7 heteroatoms. The molecule has 26 heavy (non-hydrogen) atoms. The number of benzene rings is 1. The molecule has 0 unspecified atom stereocenters. The van der Waals surface area contributed by atoms with Crippen molar-refractivity contribution in [2.45, 2.75) is 49.1 Å². The van der Waals surface area contributed by atoms with E-state index in [4.69, 9.17) is 0 Å². The zero-order valence-corrected chi connectivity index (χ0v) is 15.0. The van der Waals surface area contributed by atoms with Crippen molar-refractivity contribution in [1.82, 2.24) is 10.3 Å². The maximum atomic E-state index is 12.5. The van der Waals surface area contributed by atoms with Crippen LogP contribution in [0.2, 0.25) is 0 Å². The molecule has 1 N–H and O–H groups in total. The van der Waals surface area contributed by atoms with Gasteiger partial charge in [-0.25, -0.2) is 4.98 Å². The largest absolute Gasteiger partial charge is 0.435 e. The fourth-order valence-electron chi connectivity index (χ4n) is 2.89. The van der Waals surface area contributed by atoms with E-state index in [0.29, 0.717) is 17.4 Å². The molecule has 4 nitrogen and oxygen atoms in total. The van der Waals surface area contributed by atoms with Crippen molar-refractivity contribution >= 4 is 17.7 Å². The van der Waals surface area contributed by atoms with E-state index >= 15 is 0 Å². The van der Waals surface area contributed by atoms with Gasteiger partial charge in [0.1, 0.15) is 10.8 Å². The van der Waals surface area contributed by atoms with Gasteiger partial charge in [-0.2, -0.15) is 8.78 Å². The molecule has 1 saturated carbocycles. The van der Waals surface area contributed by atoms with Crippen molar-refractivity contribution in [3.05, 3.63) is 53.7 Å². The average Bonchev–Trinajstić information content (AvgIpc) is 3.14. The Hall–Kier alpha value is -2.15. The average molecular weight is 378 g/mol. The quantitative estimate of drug-likeness (QED) is 0.762. The number of ether oxygens (including phenoxy) is 1. The van der Waals surface area contributed by atoms with Crippen LogP contribution in [0.15, 0.2) is 47.6 Å². The molecule has 1 amide bonds. The van der Waals surface area contributed by atoms with Crippen LogP contribution < -0.4 is 10.1 Å². The number of carbonyl (C=O) groups is 1. The smallest absolute Gasteiger partial charge is 0.387 e. The normalized spacial score (nSPS) is 14.6. The molecule has 3 rings (SSSR count). The molecule has 1 aromatic heterocycles. The van der Waals surface area contributed by atoms with Crippen LogP contribution in [-0.4, -0.2) is 22.8 Å². The van der Waals surface area contributed by atoms with E-state index in [2.05, 4.69) is 15.0 Å². The lowest BCUT2D eigenvalue weighted by Gasteiger charge is -2.12. The van der Waals surface area contributed by atoms with Gasteiger partial charge in [0.15, 0.2) is 0 Å². The molecule has 2 aromatic rings. The van der Waals surface area contributed by atoms with Gasteiger partial charge >= 0.3 is 6.61 Å². The van der Waals surface area contributed by atoms with E-state index in [1.165, 1.54) is 25.0 Å². The highest BCUT2D eigenvalue weighted by Crippen LogP contribution is 2.35. The summed E-state index contributed by atoms with van der Waals surface area (Å²) in [6, 6.07) is 9.74. The molecule has 0 radical (unpaired) electrons. The molecule has 138 valence electrons. The van der Waals surface area contributed by atoms with Gasteiger partial charge < -0.3 is 10.1 Å². The first-order chi connectivity index (χ1) is 12.6. The van der Waals surface area contributed by atoms with Gasteiger partial charge in [-0.1, -0.05) is 25.0 Å². The number of amides is 1. The summed E-state index contributed by atoms with van der Waals surface area (Å²) in [4.78, 5) is 16.9. The minimum Gasteiger partial charge on any atom is -0.435 e. The minimum atomic E-state index is -2.85. The number of nitrogens with zero attached hydrogens (tertiary/aromatic N) is 1. The van der Waals surface area contributed by atoms with Crippen LogP contribution in [0, 0.1) is 0 Å². The Morgan fingerprint density at radius 2 is 1.96 bits per heavy atom. The summed E-state index contributed by atoms with van der Waals surface area (Å²) in [6.07, 6.45) is 6.50. The molecule has 0 spiro atoms. The summed E-state index contributed by atoms with van der Waals surface area (Å²) >= 11 is 1.68. The Morgan fingerprint density at radius 1 is 1.23 bits per heavy atom. The highest BCUT2D eigenvalue weighted by Gasteiger charge is 2.20. The van der Waals surface area contributed by atoms with Crippen molar-refractivity contribution in [3.63, 3.8) is 0 Å². The van der Waals surface area contributed by atoms with Crippen molar-refractivity contribution in [1.29, 1.82) is 0 Å². The Morgan fingerprint density at radius 3 is 2.65 bits per heavy atom. The van der Waals surface area contributed by atoms with Gasteiger partial charge in [-0.3, -0.25) is 4.79 Å². The molecular weight excluding hydrogens is 358 g/mol. The van der Waals surface area contributed by atoms with Gasteiger partial charge in [-0.05, 0) is 42.7 Å². The van der Waals surface area contributed by atoms with Crippen LogP contribution >= 0.6 is 11.8 Å². The van der Waals surface area contributed by atoms with Crippen LogP contribution in [-0.2, 0) is 6.54 Å². The number of hydrogen-bond acceptors (Lipinski definition) is 4. The van der Waals surface area contributed by atoms with Crippen molar-refractivity contribution in [2.75, 3.05) is 0 Å². The number of rotatable bonds is 7. The summed E-state index contributed by atoms with van der Waals surface area (Å²) in [7, 11) is 0. The third kappa shape index (κ3) is 5.17.